The van der Waals surface area contributed by atoms with Crippen LogP contribution in [-0.4, -0.2) is 40.1 Å². The second-order valence-corrected chi connectivity index (χ2v) is 10.6. The highest BCUT2D eigenvalue weighted by Gasteiger charge is 2.17. The number of sulfonamides is 1. The number of hydrogen-bond donors (Lipinski definition) is 3. The van der Waals surface area contributed by atoms with Crippen LogP contribution in [0.2, 0.25) is 5.02 Å². The molecule has 1 amide bonds. The van der Waals surface area contributed by atoms with E-state index in [1.807, 2.05) is 11.4 Å². The van der Waals surface area contributed by atoms with E-state index in [1.54, 1.807) is 49.5 Å². The average Bonchev–Trinajstić information content (AvgIpc) is 3.38. The van der Waals surface area contributed by atoms with E-state index < -0.39 is 15.9 Å². The fourth-order valence-electron chi connectivity index (χ4n) is 3.30. The van der Waals surface area contributed by atoms with Crippen molar-refractivity contribution in [2.45, 2.75) is 4.90 Å². The first-order chi connectivity index (χ1) is 17.8. The highest BCUT2D eigenvalue weighted by Crippen LogP contribution is 2.32. The van der Waals surface area contributed by atoms with Gasteiger partial charge in [0.1, 0.15) is 11.5 Å². The van der Waals surface area contributed by atoms with Crippen molar-refractivity contribution in [2.75, 3.05) is 36.1 Å². The average molecular weight is 559 g/mol. The van der Waals surface area contributed by atoms with Crippen molar-refractivity contribution in [2.24, 2.45) is 0 Å². The van der Waals surface area contributed by atoms with E-state index in [2.05, 4.69) is 20.3 Å². The van der Waals surface area contributed by atoms with Crippen LogP contribution in [0.1, 0.15) is 0 Å². The van der Waals surface area contributed by atoms with Crippen molar-refractivity contribution >= 4 is 55.4 Å². The number of nitrogens with zero attached hydrogens (tertiary/aromatic N) is 1. The minimum atomic E-state index is -3.85. The number of hydrogen-bond acceptors (Lipinski definition) is 8. The largest absolute Gasteiger partial charge is 0.495 e. The van der Waals surface area contributed by atoms with Gasteiger partial charge in [0.25, 0.3) is 15.9 Å². The highest BCUT2D eigenvalue weighted by atomic mass is 35.5. The molecule has 0 aliphatic heterocycles. The number of methoxy groups -OCH3 is 1. The van der Waals surface area contributed by atoms with Crippen LogP contribution in [0, 0.1) is 0 Å². The lowest BCUT2D eigenvalue weighted by Gasteiger charge is -2.13. The minimum absolute atomic E-state index is 0.0387. The molecule has 3 aromatic carbocycles. The Labute approximate surface area is 223 Å². The molecule has 0 radical (unpaired) electrons. The number of nitrogens with one attached hydrogen (secondary N) is 3. The zero-order valence-electron chi connectivity index (χ0n) is 19.8. The first kappa shape index (κ1) is 26.3. The Morgan fingerprint density at radius 1 is 1.05 bits per heavy atom. The van der Waals surface area contributed by atoms with E-state index in [1.165, 1.54) is 36.6 Å². The number of para-hydroxylation sites is 1. The van der Waals surface area contributed by atoms with E-state index in [4.69, 9.17) is 21.1 Å². The molecule has 0 aliphatic rings. The summed E-state index contributed by atoms with van der Waals surface area (Å²) >= 11 is 7.72. The summed E-state index contributed by atoms with van der Waals surface area (Å²) in [6.07, 6.45) is 0. The SMILES string of the molecule is CNc1nc(-c2ccc(OC)c(NC(=O)COc3ccc(S(=O)(=O)Nc4ccccc4)cc3Cl)c2)cs1. The Kier molecular flexibility index (Phi) is 8.17. The molecule has 12 heteroatoms. The van der Waals surface area contributed by atoms with Gasteiger partial charge in [-0.05, 0) is 48.5 Å². The summed E-state index contributed by atoms with van der Waals surface area (Å²) in [4.78, 5) is 17.1. The number of ether oxygens (including phenoxy) is 2. The smallest absolute Gasteiger partial charge is 0.262 e. The lowest BCUT2D eigenvalue weighted by Crippen LogP contribution is -2.20. The molecule has 37 heavy (non-hydrogen) atoms. The molecule has 0 atom stereocenters. The Bertz CT molecular complexity index is 1510. The van der Waals surface area contributed by atoms with Gasteiger partial charge in [0.15, 0.2) is 11.7 Å². The van der Waals surface area contributed by atoms with Gasteiger partial charge in [-0.2, -0.15) is 0 Å². The zero-order chi connectivity index (χ0) is 26.4. The Morgan fingerprint density at radius 2 is 1.81 bits per heavy atom. The second kappa shape index (κ2) is 11.5. The Morgan fingerprint density at radius 3 is 2.49 bits per heavy atom. The summed E-state index contributed by atoms with van der Waals surface area (Å²) in [7, 11) is -0.552. The third-order valence-corrected chi connectivity index (χ3v) is 7.62. The van der Waals surface area contributed by atoms with Gasteiger partial charge in [-0.1, -0.05) is 29.8 Å². The molecule has 0 aliphatic carbocycles. The van der Waals surface area contributed by atoms with Crippen LogP contribution in [0.15, 0.2) is 77.0 Å². The van der Waals surface area contributed by atoms with E-state index >= 15 is 0 Å². The van der Waals surface area contributed by atoms with Gasteiger partial charge in [0.05, 0.1) is 28.4 Å². The van der Waals surface area contributed by atoms with Gasteiger partial charge in [0.2, 0.25) is 0 Å². The summed E-state index contributed by atoms with van der Waals surface area (Å²) in [5.41, 5.74) is 2.44. The predicted molar refractivity (Wildman–Crippen MR) is 146 cm³/mol. The van der Waals surface area contributed by atoms with Crippen LogP contribution in [0.25, 0.3) is 11.3 Å². The van der Waals surface area contributed by atoms with Gasteiger partial charge >= 0.3 is 0 Å². The zero-order valence-corrected chi connectivity index (χ0v) is 22.2. The first-order valence-corrected chi connectivity index (χ1v) is 13.6. The molecule has 9 nitrogen and oxygen atoms in total. The van der Waals surface area contributed by atoms with E-state index in [0.717, 1.165) is 16.4 Å². The molecule has 0 spiro atoms. The third kappa shape index (κ3) is 6.50. The molecular weight excluding hydrogens is 536 g/mol. The molecule has 0 saturated heterocycles. The molecule has 0 fully saturated rings. The lowest BCUT2D eigenvalue weighted by molar-refractivity contribution is -0.118. The maximum absolute atomic E-state index is 12.6. The number of carbonyl (C=O) groups is 1. The molecule has 1 heterocycles. The van der Waals surface area contributed by atoms with Crippen molar-refractivity contribution < 1.29 is 22.7 Å². The quantitative estimate of drug-likeness (QED) is 0.241. The predicted octanol–water partition coefficient (Wildman–Crippen LogP) is 5.33. The molecular formula is C25H23ClN4O5S2. The number of aromatic nitrogens is 1. The Balaban J connectivity index is 1.42. The first-order valence-electron chi connectivity index (χ1n) is 10.9. The van der Waals surface area contributed by atoms with Gasteiger partial charge < -0.3 is 20.1 Å². The summed E-state index contributed by atoms with van der Waals surface area (Å²) < 4.78 is 38.7. The Hall–Kier alpha value is -3.80. The fourth-order valence-corrected chi connectivity index (χ4v) is 5.37. The van der Waals surface area contributed by atoms with Crippen molar-refractivity contribution in [3.63, 3.8) is 0 Å². The normalized spacial score (nSPS) is 11.0. The van der Waals surface area contributed by atoms with Gasteiger partial charge in [-0.15, -0.1) is 11.3 Å². The van der Waals surface area contributed by atoms with Crippen molar-refractivity contribution in [3.05, 3.63) is 77.1 Å². The van der Waals surface area contributed by atoms with Crippen LogP contribution in [0.5, 0.6) is 11.5 Å². The third-order valence-electron chi connectivity index (χ3n) is 5.09. The molecule has 0 unspecified atom stereocenters. The van der Waals surface area contributed by atoms with Gasteiger partial charge in [-0.3, -0.25) is 9.52 Å². The molecule has 4 rings (SSSR count). The topological polar surface area (TPSA) is 119 Å². The van der Waals surface area contributed by atoms with Gasteiger partial charge in [0, 0.05) is 23.7 Å². The van der Waals surface area contributed by atoms with E-state index in [9.17, 15) is 13.2 Å². The molecule has 0 bridgehead atoms. The molecule has 1 aromatic heterocycles. The van der Waals surface area contributed by atoms with Crippen molar-refractivity contribution in [1.82, 2.24) is 4.98 Å². The number of thiazole rings is 1. The van der Waals surface area contributed by atoms with Crippen LogP contribution >= 0.6 is 22.9 Å². The summed E-state index contributed by atoms with van der Waals surface area (Å²) in [6, 6.07) is 17.9. The van der Waals surface area contributed by atoms with Gasteiger partial charge in [-0.25, -0.2) is 13.4 Å². The maximum atomic E-state index is 12.6. The monoisotopic (exact) mass is 558 g/mol. The minimum Gasteiger partial charge on any atom is -0.495 e. The van der Waals surface area contributed by atoms with Crippen LogP contribution in [0.3, 0.4) is 0 Å². The van der Waals surface area contributed by atoms with E-state index in [-0.39, 0.29) is 22.3 Å². The number of halogens is 1. The highest BCUT2D eigenvalue weighted by molar-refractivity contribution is 7.92. The fraction of sp³-hybridized carbons (Fsp3) is 0.120. The summed E-state index contributed by atoms with van der Waals surface area (Å²) in [5.74, 6) is 0.182. The summed E-state index contributed by atoms with van der Waals surface area (Å²) in [6.45, 7) is -0.359. The number of rotatable bonds is 10. The number of amides is 1. The van der Waals surface area contributed by atoms with Crippen molar-refractivity contribution in [3.8, 4) is 22.8 Å². The van der Waals surface area contributed by atoms with Crippen molar-refractivity contribution in [1.29, 1.82) is 0 Å². The number of anilines is 3. The van der Waals surface area contributed by atoms with Crippen LogP contribution in [0.4, 0.5) is 16.5 Å². The standard InChI is InChI=1S/C25H23ClN4O5S2/c1-27-25-29-21(15-36-25)16-8-10-23(34-2)20(12-16)28-24(31)14-35-22-11-9-18(13-19(22)26)37(32,33)30-17-6-4-3-5-7-17/h3-13,15,30H,14H2,1-2H3,(H,27,29)(H,28,31). The molecule has 3 N–H and O–H groups in total. The molecule has 192 valence electrons. The molecule has 0 saturated carbocycles. The molecule has 4 aromatic rings. The second-order valence-electron chi connectivity index (χ2n) is 7.60. The number of benzene rings is 3. The maximum Gasteiger partial charge on any atom is 0.262 e. The number of carbonyl (C=O) groups excluding carboxylic acids is 1. The van der Waals surface area contributed by atoms with Crippen LogP contribution < -0.4 is 24.8 Å². The van der Waals surface area contributed by atoms with Crippen LogP contribution in [-0.2, 0) is 14.8 Å². The summed E-state index contributed by atoms with van der Waals surface area (Å²) in [5, 5.41) is 8.49. The van der Waals surface area contributed by atoms with E-state index in [0.29, 0.717) is 17.1 Å². The lowest BCUT2D eigenvalue weighted by atomic mass is 10.1.